The van der Waals surface area contributed by atoms with Gasteiger partial charge in [-0.1, -0.05) is 25.7 Å². The molecule has 3 rings (SSSR count). The molecule has 26 heavy (non-hydrogen) atoms. The van der Waals surface area contributed by atoms with Crippen LogP contribution in [0.1, 0.15) is 61.3 Å². The summed E-state index contributed by atoms with van der Waals surface area (Å²) in [6.07, 6.45) is 12.8. The summed E-state index contributed by atoms with van der Waals surface area (Å²) >= 11 is 1.74. The summed E-state index contributed by atoms with van der Waals surface area (Å²) in [5, 5.41) is 8.17. The van der Waals surface area contributed by atoms with E-state index >= 15 is 0 Å². The van der Waals surface area contributed by atoms with Gasteiger partial charge in [-0.25, -0.2) is 4.98 Å². The van der Waals surface area contributed by atoms with E-state index in [4.69, 9.17) is 0 Å². The predicted molar refractivity (Wildman–Crippen MR) is 122 cm³/mol. The third-order valence-electron chi connectivity index (χ3n) is 5.70. The van der Waals surface area contributed by atoms with Gasteiger partial charge in [0.1, 0.15) is 5.01 Å². The van der Waals surface area contributed by atoms with Crippen LogP contribution in [0.4, 0.5) is 0 Å². The molecular formula is C19H34IN5S. The molecule has 1 aromatic rings. The number of aliphatic imine (C=N–C) groups is 1. The number of thiazole rings is 1. The van der Waals surface area contributed by atoms with Crippen LogP contribution in [0, 0.1) is 6.92 Å². The monoisotopic (exact) mass is 491 g/mol. The largest absolute Gasteiger partial charge is 0.355 e. The molecule has 0 radical (unpaired) electrons. The van der Waals surface area contributed by atoms with Gasteiger partial charge in [-0.3, -0.25) is 9.89 Å². The Kier molecular flexibility index (Phi) is 9.09. The highest BCUT2D eigenvalue weighted by atomic mass is 127. The van der Waals surface area contributed by atoms with Crippen LogP contribution in [-0.2, 0) is 6.54 Å². The molecule has 2 fully saturated rings. The molecule has 0 spiro atoms. The fraction of sp³-hybridized carbons (Fsp3) is 0.789. The van der Waals surface area contributed by atoms with Crippen molar-refractivity contribution in [3.8, 4) is 0 Å². The fourth-order valence-corrected chi connectivity index (χ4v) is 5.02. The Bertz CT molecular complexity index is 562. The normalized spacial score (nSPS) is 21.1. The number of guanidine groups is 1. The van der Waals surface area contributed by atoms with Gasteiger partial charge in [0.15, 0.2) is 5.96 Å². The lowest BCUT2D eigenvalue weighted by Crippen LogP contribution is -2.59. The smallest absolute Gasteiger partial charge is 0.191 e. The number of nitrogens with one attached hydrogen (secondary N) is 2. The van der Waals surface area contributed by atoms with Crippen LogP contribution in [0.2, 0.25) is 0 Å². The van der Waals surface area contributed by atoms with E-state index in [2.05, 4.69) is 32.4 Å². The maximum atomic E-state index is 4.42. The Morgan fingerprint density at radius 1 is 1.15 bits per heavy atom. The molecule has 2 N–H and O–H groups in total. The number of rotatable bonds is 5. The third-order valence-corrected chi connectivity index (χ3v) is 6.61. The van der Waals surface area contributed by atoms with E-state index < -0.39 is 0 Å². The molecule has 5 nitrogen and oxygen atoms in total. The molecular weight excluding hydrogens is 457 g/mol. The zero-order valence-electron chi connectivity index (χ0n) is 16.2. The van der Waals surface area contributed by atoms with Crippen LogP contribution in [0.15, 0.2) is 11.2 Å². The summed E-state index contributed by atoms with van der Waals surface area (Å²) in [6, 6.07) is 0. The number of hydrogen-bond acceptors (Lipinski definition) is 4. The second-order valence-electron chi connectivity index (χ2n) is 7.48. The molecule has 1 aromatic heterocycles. The van der Waals surface area contributed by atoms with Crippen molar-refractivity contribution < 1.29 is 0 Å². The Morgan fingerprint density at radius 3 is 2.46 bits per heavy atom. The van der Waals surface area contributed by atoms with E-state index in [1.807, 2.05) is 13.2 Å². The molecule has 1 saturated carbocycles. The lowest BCUT2D eigenvalue weighted by molar-refractivity contribution is 0.0368. The summed E-state index contributed by atoms with van der Waals surface area (Å²) in [7, 11) is 1.86. The van der Waals surface area contributed by atoms with Crippen molar-refractivity contribution in [3.05, 3.63) is 16.1 Å². The highest BCUT2D eigenvalue weighted by Crippen LogP contribution is 2.35. The molecule has 1 aliphatic heterocycles. The van der Waals surface area contributed by atoms with Crippen LogP contribution in [0.5, 0.6) is 0 Å². The van der Waals surface area contributed by atoms with E-state index in [9.17, 15) is 0 Å². The van der Waals surface area contributed by atoms with E-state index in [0.717, 1.165) is 24.1 Å². The van der Waals surface area contributed by atoms with Gasteiger partial charge in [-0.05, 0) is 45.7 Å². The van der Waals surface area contributed by atoms with Crippen molar-refractivity contribution in [1.29, 1.82) is 0 Å². The van der Waals surface area contributed by atoms with Crippen molar-refractivity contribution in [2.24, 2.45) is 4.99 Å². The van der Waals surface area contributed by atoms with Gasteiger partial charge < -0.3 is 10.6 Å². The van der Waals surface area contributed by atoms with Gasteiger partial charge in [0.2, 0.25) is 0 Å². The minimum Gasteiger partial charge on any atom is -0.355 e. The van der Waals surface area contributed by atoms with Gasteiger partial charge in [0.25, 0.3) is 0 Å². The Balaban J connectivity index is 0.00000243. The van der Waals surface area contributed by atoms with Crippen molar-refractivity contribution in [3.63, 3.8) is 0 Å². The summed E-state index contributed by atoms with van der Waals surface area (Å²) < 4.78 is 0. The molecule has 0 amide bonds. The van der Waals surface area contributed by atoms with Crippen molar-refractivity contribution in [2.45, 2.75) is 70.4 Å². The third kappa shape index (κ3) is 5.79. The topological polar surface area (TPSA) is 52.6 Å². The van der Waals surface area contributed by atoms with Gasteiger partial charge in [-0.15, -0.1) is 35.3 Å². The molecule has 2 aliphatic rings. The quantitative estimate of drug-likeness (QED) is 0.373. The first kappa shape index (κ1) is 21.9. The number of aromatic nitrogens is 1. The lowest BCUT2D eigenvalue weighted by atomic mass is 9.79. The number of nitrogens with zero attached hydrogens (tertiary/aromatic N) is 3. The molecule has 148 valence electrons. The summed E-state index contributed by atoms with van der Waals surface area (Å²) in [6.45, 7) is 6.39. The zero-order valence-corrected chi connectivity index (χ0v) is 19.4. The average molecular weight is 491 g/mol. The lowest BCUT2D eigenvalue weighted by Gasteiger charge is -2.48. The molecule has 2 heterocycles. The first-order valence-electron chi connectivity index (χ1n) is 9.83. The highest BCUT2D eigenvalue weighted by Gasteiger charge is 2.38. The number of piperidine rings is 1. The van der Waals surface area contributed by atoms with Crippen LogP contribution in [0.3, 0.4) is 0 Å². The standard InChI is InChI=1S/C19H33N5S.HI/c1-16-13-21-17(25-16)14-22-18(20-2)23-15-19(9-5-3-6-10-19)24-11-7-4-8-12-24;/h13H,3-12,14-15H2,1-2H3,(H2,20,22,23);1H. The maximum Gasteiger partial charge on any atom is 0.191 e. The Labute approximate surface area is 179 Å². The molecule has 1 aliphatic carbocycles. The summed E-state index contributed by atoms with van der Waals surface area (Å²) in [4.78, 5) is 12.9. The van der Waals surface area contributed by atoms with Crippen molar-refractivity contribution in [1.82, 2.24) is 20.5 Å². The average Bonchev–Trinajstić information content (AvgIpc) is 3.08. The van der Waals surface area contributed by atoms with Crippen LogP contribution >= 0.6 is 35.3 Å². The van der Waals surface area contributed by atoms with Gasteiger partial charge in [-0.2, -0.15) is 0 Å². The first-order chi connectivity index (χ1) is 12.2. The van der Waals surface area contributed by atoms with Crippen LogP contribution in [-0.4, -0.2) is 48.1 Å². The molecule has 0 aromatic carbocycles. The fourth-order valence-electron chi connectivity index (χ4n) is 4.29. The Hall–Kier alpha value is -0.410. The minimum atomic E-state index is 0. The van der Waals surface area contributed by atoms with Gasteiger partial charge in [0.05, 0.1) is 6.54 Å². The predicted octanol–water partition coefficient (Wildman–Crippen LogP) is 3.92. The maximum absolute atomic E-state index is 4.42. The molecule has 0 atom stereocenters. The van der Waals surface area contributed by atoms with Crippen molar-refractivity contribution >= 4 is 41.3 Å². The first-order valence-corrected chi connectivity index (χ1v) is 10.6. The summed E-state index contributed by atoms with van der Waals surface area (Å²) in [5.41, 5.74) is 0.327. The van der Waals surface area contributed by atoms with Gasteiger partial charge in [0, 0.05) is 30.2 Å². The van der Waals surface area contributed by atoms with E-state index in [0.29, 0.717) is 5.54 Å². The highest BCUT2D eigenvalue weighted by molar-refractivity contribution is 14.0. The SMILES string of the molecule is CN=C(NCc1ncc(C)s1)NCC1(N2CCCCC2)CCCCC1.I. The number of aryl methyl sites for hydroxylation is 1. The van der Waals surface area contributed by atoms with Gasteiger partial charge >= 0.3 is 0 Å². The van der Waals surface area contributed by atoms with Crippen LogP contribution < -0.4 is 10.6 Å². The van der Waals surface area contributed by atoms with E-state index in [1.54, 1.807) is 11.3 Å². The molecule has 0 unspecified atom stereocenters. The second-order valence-corrected chi connectivity index (χ2v) is 8.80. The second kappa shape index (κ2) is 10.8. The molecule has 1 saturated heterocycles. The minimum absolute atomic E-state index is 0. The van der Waals surface area contributed by atoms with E-state index in [-0.39, 0.29) is 24.0 Å². The number of hydrogen-bond donors (Lipinski definition) is 2. The van der Waals surface area contributed by atoms with Crippen molar-refractivity contribution in [2.75, 3.05) is 26.7 Å². The van der Waals surface area contributed by atoms with Crippen LogP contribution in [0.25, 0.3) is 0 Å². The number of likely N-dealkylation sites (tertiary alicyclic amines) is 1. The summed E-state index contributed by atoms with van der Waals surface area (Å²) in [5.74, 6) is 0.898. The zero-order chi connectivity index (χ0) is 17.5. The molecule has 7 heteroatoms. The number of halogens is 1. The Morgan fingerprint density at radius 2 is 1.85 bits per heavy atom. The van der Waals surface area contributed by atoms with E-state index in [1.165, 1.54) is 69.3 Å². The molecule has 0 bridgehead atoms.